The van der Waals surface area contributed by atoms with Crippen LogP contribution in [0.5, 0.6) is 11.5 Å². The first-order chi connectivity index (χ1) is 10.9. The Kier molecular flexibility index (Phi) is 5.45. The zero-order valence-electron chi connectivity index (χ0n) is 13.0. The first kappa shape index (κ1) is 17.1. The number of ether oxygens (including phenoxy) is 3. The number of halogens is 2. The van der Waals surface area contributed by atoms with Gasteiger partial charge in [0.15, 0.2) is 0 Å². The highest BCUT2D eigenvalue weighted by atomic mass is 35.5. The van der Waals surface area contributed by atoms with Crippen molar-refractivity contribution in [3.8, 4) is 11.5 Å². The Balaban J connectivity index is 2.23. The minimum atomic E-state index is -0.925. The quantitative estimate of drug-likeness (QED) is 0.592. The summed E-state index contributed by atoms with van der Waals surface area (Å²) in [6.45, 7) is 3.64. The molecule has 0 saturated heterocycles. The van der Waals surface area contributed by atoms with Crippen LogP contribution in [0.2, 0.25) is 5.02 Å². The Labute approximate surface area is 138 Å². The zero-order valence-corrected chi connectivity index (χ0v) is 13.7. The van der Waals surface area contributed by atoms with Gasteiger partial charge in [-0.2, -0.15) is 0 Å². The van der Waals surface area contributed by atoms with E-state index in [-0.39, 0.29) is 17.9 Å². The average Bonchev–Trinajstić information content (AvgIpc) is 2.51. The second-order valence-corrected chi connectivity index (χ2v) is 5.34. The molecule has 0 saturated carbocycles. The summed E-state index contributed by atoms with van der Waals surface area (Å²) in [5.41, 5.74) is 1.92. The van der Waals surface area contributed by atoms with Crippen molar-refractivity contribution in [2.45, 2.75) is 20.5 Å². The molecule has 0 spiro atoms. The van der Waals surface area contributed by atoms with Crippen molar-refractivity contribution in [1.29, 1.82) is 0 Å². The van der Waals surface area contributed by atoms with Crippen LogP contribution in [0, 0.1) is 19.7 Å². The van der Waals surface area contributed by atoms with E-state index in [0.29, 0.717) is 10.8 Å². The van der Waals surface area contributed by atoms with Gasteiger partial charge in [-0.3, -0.25) is 0 Å². The number of hydrogen-bond acceptors (Lipinski definition) is 4. The summed E-state index contributed by atoms with van der Waals surface area (Å²) in [5, 5.41) is 0.560. The van der Waals surface area contributed by atoms with Gasteiger partial charge in [0, 0.05) is 5.02 Å². The summed E-state index contributed by atoms with van der Waals surface area (Å²) in [6.07, 6.45) is -0.925. The van der Waals surface area contributed by atoms with E-state index >= 15 is 0 Å². The van der Waals surface area contributed by atoms with Crippen LogP contribution in [0.15, 0.2) is 30.3 Å². The Morgan fingerprint density at radius 3 is 2.61 bits per heavy atom. The van der Waals surface area contributed by atoms with Crippen LogP contribution in [0.4, 0.5) is 9.18 Å². The SMILES string of the molecule is COC(=O)Oc1cccc(F)c1COc1cc(Cl)c(C)cc1C. The molecule has 2 rings (SSSR count). The summed E-state index contributed by atoms with van der Waals surface area (Å²) in [7, 11) is 1.18. The van der Waals surface area contributed by atoms with Crippen LogP contribution in [-0.2, 0) is 11.3 Å². The number of methoxy groups -OCH3 is 1. The molecule has 0 N–H and O–H groups in total. The van der Waals surface area contributed by atoms with Crippen molar-refractivity contribution in [3.05, 3.63) is 57.9 Å². The smallest absolute Gasteiger partial charge is 0.488 e. The van der Waals surface area contributed by atoms with Crippen LogP contribution in [0.3, 0.4) is 0 Å². The summed E-state index contributed by atoms with van der Waals surface area (Å²) < 4.78 is 29.0. The summed E-state index contributed by atoms with van der Waals surface area (Å²) >= 11 is 6.08. The maximum atomic E-state index is 14.0. The third-order valence-electron chi connectivity index (χ3n) is 3.26. The first-order valence-electron chi connectivity index (χ1n) is 6.85. The monoisotopic (exact) mass is 338 g/mol. The van der Waals surface area contributed by atoms with Crippen LogP contribution in [0.1, 0.15) is 16.7 Å². The number of rotatable bonds is 4. The molecular weight excluding hydrogens is 323 g/mol. The van der Waals surface area contributed by atoms with E-state index in [2.05, 4.69) is 4.74 Å². The van der Waals surface area contributed by atoms with Gasteiger partial charge in [0.25, 0.3) is 0 Å². The molecule has 2 aromatic rings. The molecular formula is C17H16ClFO4. The molecule has 0 bridgehead atoms. The van der Waals surface area contributed by atoms with Gasteiger partial charge in [0.05, 0.1) is 12.7 Å². The van der Waals surface area contributed by atoms with Gasteiger partial charge in [-0.15, -0.1) is 0 Å². The van der Waals surface area contributed by atoms with E-state index < -0.39 is 12.0 Å². The molecule has 6 heteroatoms. The lowest BCUT2D eigenvalue weighted by Gasteiger charge is -2.14. The Morgan fingerprint density at radius 1 is 1.17 bits per heavy atom. The third-order valence-corrected chi connectivity index (χ3v) is 3.67. The van der Waals surface area contributed by atoms with E-state index in [1.807, 2.05) is 19.9 Å². The maximum absolute atomic E-state index is 14.0. The first-order valence-corrected chi connectivity index (χ1v) is 7.23. The lowest BCUT2D eigenvalue weighted by Crippen LogP contribution is -2.11. The number of carbonyl (C=O) groups is 1. The predicted octanol–water partition coefficient (Wildman–Crippen LogP) is 4.82. The van der Waals surface area contributed by atoms with E-state index in [1.165, 1.54) is 25.3 Å². The number of benzene rings is 2. The minimum absolute atomic E-state index is 0.0488. The normalized spacial score (nSPS) is 10.3. The van der Waals surface area contributed by atoms with Crippen molar-refractivity contribution in [2.75, 3.05) is 7.11 Å². The standard InChI is InChI=1S/C17H16ClFO4/c1-10-7-11(2)16(8-13(10)18)22-9-12-14(19)5-4-6-15(12)23-17(20)21-3/h4-8H,9H2,1-3H3. The van der Waals surface area contributed by atoms with Gasteiger partial charge in [-0.1, -0.05) is 23.7 Å². The summed E-state index contributed by atoms with van der Waals surface area (Å²) in [6, 6.07) is 7.72. The second kappa shape index (κ2) is 7.33. The molecule has 0 aliphatic carbocycles. The van der Waals surface area contributed by atoms with Crippen molar-refractivity contribution in [1.82, 2.24) is 0 Å². The molecule has 0 heterocycles. The largest absolute Gasteiger partial charge is 0.513 e. The lowest BCUT2D eigenvalue weighted by molar-refractivity contribution is 0.120. The van der Waals surface area contributed by atoms with E-state index in [9.17, 15) is 9.18 Å². The van der Waals surface area contributed by atoms with Crippen LogP contribution < -0.4 is 9.47 Å². The highest BCUT2D eigenvalue weighted by Gasteiger charge is 2.15. The molecule has 0 aliphatic heterocycles. The molecule has 23 heavy (non-hydrogen) atoms. The number of carbonyl (C=O) groups excluding carboxylic acids is 1. The van der Waals surface area contributed by atoms with E-state index in [1.54, 1.807) is 6.07 Å². The summed E-state index contributed by atoms with van der Waals surface area (Å²) in [4.78, 5) is 11.2. The molecule has 2 aromatic carbocycles. The van der Waals surface area contributed by atoms with E-state index in [0.717, 1.165) is 11.1 Å². The van der Waals surface area contributed by atoms with Gasteiger partial charge in [0.2, 0.25) is 0 Å². The zero-order chi connectivity index (χ0) is 17.0. The van der Waals surface area contributed by atoms with Crippen molar-refractivity contribution in [2.24, 2.45) is 0 Å². The van der Waals surface area contributed by atoms with Gasteiger partial charge in [-0.25, -0.2) is 9.18 Å². The maximum Gasteiger partial charge on any atom is 0.513 e. The van der Waals surface area contributed by atoms with Crippen LogP contribution in [-0.4, -0.2) is 13.3 Å². The third kappa shape index (κ3) is 4.13. The Morgan fingerprint density at radius 2 is 1.91 bits per heavy atom. The molecule has 0 amide bonds. The average molecular weight is 339 g/mol. The highest BCUT2D eigenvalue weighted by molar-refractivity contribution is 6.31. The Hall–Kier alpha value is -2.27. The van der Waals surface area contributed by atoms with E-state index in [4.69, 9.17) is 21.1 Å². The molecule has 0 aliphatic rings. The molecule has 0 atom stereocenters. The fraction of sp³-hybridized carbons (Fsp3) is 0.235. The summed E-state index contributed by atoms with van der Waals surface area (Å²) in [5.74, 6) is 0.0443. The molecule has 0 unspecified atom stereocenters. The molecule has 0 aromatic heterocycles. The predicted molar refractivity (Wildman–Crippen MR) is 84.7 cm³/mol. The Bertz CT molecular complexity index is 731. The number of hydrogen-bond donors (Lipinski definition) is 0. The minimum Gasteiger partial charge on any atom is -0.488 e. The second-order valence-electron chi connectivity index (χ2n) is 4.93. The highest BCUT2D eigenvalue weighted by Crippen LogP contribution is 2.29. The van der Waals surface area contributed by atoms with Crippen molar-refractivity contribution >= 4 is 17.8 Å². The molecule has 122 valence electrons. The van der Waals surface area contributed by atoms with Gasteiger partial charge < -0.3 is 14.2 Å². The fourth-order valence-corrected chi connectivity index (χ4v) is 2.17. The topological polar surface area (TPSA) is 44.8 Å². The number of aryl methyl sites for hydroxylation is 2. The molecule has 0 fully saturated rings. The fourth-order valence-electron chi connectivity index (χ4n) is 2.02. The molecule has 0 radical (unpaired) electrons. The van der Waals surface area contributed by atoms with Crippen molar-refractivity contribution in [3.63, 3.8) is 0 Å². The van der Waals surface area contributed by atoms with Gasteiger partial charge in [0.1, 0.15) is 23.9 Å². The van der Waals surface area contributed by atoms with Gasteiger partial charge >= 0.3 is 6.16 Å². The molecule has 4 nitrogen and oxygen atoms in total. The van der Waals surface area contributed by atoms with Crippen molar-refractivity contribution < 1.29 is 23.4 Å². The van der Waals surface area contributed by atoms with Gasteiger partial charge in [-0.05, 0) is 43.2 Å². The lowest BCUT2D eigenvalue weighted by atomic mass is 10.1. The van der Waals surface area contributed by atoms with Crippen LogP contribution >= 0.6 is 11.6 Å². The van der Waals surface area contributed by atoms with Crippen LogP contribution in [0.25, 0.3) is 0 Å².